The van der Waals surface area contributed by atoms with E-state index in [0.29, 0.717) is 5.82 Å². The second kappa shape index (κ2) is 4.91. The summed E-state index contributed by atoms with van der Waals surface area (Å²) in [7, 11) is 0. The SMILES string of the molecule is CCc1cc(NC(=O)c2cc(C)ccc2O)n[nH]1. The average molecular weight is 245 g/mol. The van der Waals surface area contributed by atoms with Crippen LogP contribution in [0.1, 0.15) is 28.5 Å². The summed E-state index contributed by atoms with van der Waals surface area (Å²) in [5.41, 5.74) is 2.10. The monoisotopic (exact) mass is 245 g/mol. The highest BCUT2D eigenvalue weighted by Gasteiger charge is 2.12. The predicted molar refractivity (Wildman–Crippen MR) is 68.8 cm³/mol. The van der Waals surface area contributed by atoms with Crippen LogP contribution in [-0.2, 0) is 6.42 Å². The van der Waals surface area contributed by atoms with Gasteiger partial charge in [-0.1, -0.05) is 18.6 Å². The van der Waals surface area contributed by atoms with Crippen molar-refractivity contribution >= 4 is 11.7 Å². The van der Waals surface area contributed by atoms with Crippen LogP contribution in [0.5, 0.6) is 5.75 Å². The van der Waals surface area contributed by atoms with Crippen LogP contribution in [0, 0.1) is 6.92 Å². The van der Waals surface area contributed by atoms with Gasteiger partial charge in [0.05, 0.1) is 5.56 Å². The van der Waals surface area contributed by atoms with Gasteiger partial charge < -0.3 is 10.4 Å². The smallest absolute Gasteiger partial charge is 0.260 e. The number of aromatic amines is 1. The van der Waals surface area contributed by atoms with Gasteiger partial charge in [-0.15, -0.1) is 0 Å². The average Bonchev–Trinajstić information content (AvgIpc) is 2.80. The van der Waals surface area contributed by atoms with Crippen LogP contribution in [0.3, 0.4) is 0 Å². The summed E-state index contributed by atoms with van der Waals surface area (Å²) in [5.74, 6) is 0.0486. The maximum absolute atomic E-state index is 12.0. The van der Waals surface area contributed by atoms with Crippen molar-refractivity contribution in [1.29, 1.82) is 0 Å². The fourth-order valence-corrected chi connectivity index (χ4v) is 1.62. The number of aryl methyl sites for hydroxylation is 2. The van der Waals surface area contributed by atoms with Gasteiger partial charge in [-0.05, 0) is 25.5 Å². The molecule has 18 heavy (non-hydrogen) atoms. The van der Waals surface area contributed by atoms with E-state index in [1.807, 2.05) is 13.8 Å². The molecule has 0 bridgehead atoms. The van der Waals surface area contributed by atoms with E-state index in [1.165, 1.54) is 6.07 Å². The largest absolute Gasteiger partial charge is 0.507 e. The summed E-state index contributed by atoms with van der Waals surface area (Å²) in [6, 6.07) is 6.66. The Balaban J connectivity index is 2.19. The number of hydrogen-bond donors (Lipinski definition) is 3. The first-order chi connectivity index (χ1) is 8.60. The van der Waals surface area contributed by atoms with E-state index in [2.05, 4.69) is 15.5 Å². The molecule has 1 aromatic carbocycles. The highest BCUT2D eigenvalue weighted by molar-refractivity contribution is 6.05. The van der Waals surface area contributed by atoms with Crippen molar-refractivity contribution < 1.29 is 9.90 Å². The molecule has 94 valence electrons. The van der Waals surface area contributed by atoms with Crippen LogP contribution < -0.4 is 5.32 Å². The minimum atomic E-state index is -0.370. The number of anilines is 1. The first-order valence-electron chi connectivity index (χ1n) is 5.75. The lowest BCUT2D eigenvalue weighted by Crippen LogP contribution is -2.12. The molecule has 5 heteroatoms. The van der Waals surface area contributed by atoms with Crippen LogP contribution in [-0.4, -0.2) is 21.2 Å². The van der Waals surface area contributed by atoms with E-state index in [9.17, 15) is 9.90 Å². The number of rotatable bonds is 3. The molecule has 0 atom stereocenters. The molecule has 3 N–H and O–H groups in total. The molecular weight excluding hydrogens is 230 g/mol. The van der Waals surface area contributed by atoms with Crippen LogP contribution in [0.15, 0.2) is 24.3 Å². The Kier molecular flexibility index (Phi) is 3.32. The van der Waals surface area contributed by atoms with Gasteiger partial charge in [-0.3, -0.25) is 9.89 Å². The van der Waals surface area contributed by atoms with Crippen molar-refractivity contribution in [2.24, 2.45) is 0 Å². The molecule has 1 heterocycles. The summed E-state index contributed by atoms with van der Waals surface area (Å²) in [5, 5.41) is 19.1. The zero-order valence-corrected chi connectivity index (χ0v) is 10.3. The number of nitrogens with one attached hydrogen (secondary N) is 2. The summed E-state index contributed by atoms with van der Waals surface area (Å²) in [4.78, 5) is 12.0. The molecule has 5 nitrogen and oxygen atoms in total. The lowest BCUT2D eigenvalue weighted by Gasteiger charge is -2.05. The molecule has 2 aromatic rings. The lowest BCUT2D eigenvalue weighted by molar-refractivity contribution is 0.102. The van der Waals surface area contributed by atoms with E-state index in [1.54, 1.807) is 18.2 Å². The Morgan fingerprint density at radius 2 is 2.22 bits per heavy atom. The molecule has 0 saturated heterocycles. The van der Waals surface area contributed by atoms with E-state index in [-0.39, 0.29) is 17.2 Å². The van der Waals surface area contributed by atoms with Gasteiger partial charge in [0.2, 0.25) is 0 Å². The van der Waals surface area contributed by atoms with Gasteiger partial charge >= 0.3 is 0 Å². The maximum Gasteiger partial charge on any atom is 0.260 e. The molecular formula is C13H15N3O2. The fourth-order valence-electron chi connectivity index (χ4n) is 1.62. The van der Waals surface area contributed by atoms with E-state index in [4.69, 9.17) is 0 Å². The molecule has 0 spiro atoms. The second-order valence-corrected chi connectivity index (χ2v) is 4.11. The zero-order chi connectivity index (χ0) is 13.1. The van der Waals surface area contributed by atoms with Gasteiger partial charge in [0, 0.05) is 11.8 Å². The lowest BCUT2D eigenvalue weighted by atomic mass is 10.1. The molecule has 2 rings (SSSR count). The number of carbonyl (C=O) groups is 1. The third kappa shape index (κ3) is 2.51. The summed E-state index contributed by atoms with van der Waals surface area (Å²) < 4.78 is 0. The number of aromatic hydroxyl groups is 1. The van der Waals surface area contributed by atoms with Crippen molar-refractivity contribution in [1.82, 2.24) is 10.2 Å². The number of H-pyrrole nitrogens is 1. The number of amides is 1. The second-order valence-electron chi connectivity index (χ2n) is 4.11. The maximum atomic E-state index is 12.0. The first kappa shape index (κ1) is 12.2. The molecule has 0 radical (unpaired) electrons. The Morgan fingerprint density at radius 1 is 1.44 bits per heavy atom. The van der Waals surface area contributed by atoms with Crippen LogP contribution in [0.2, 0.25) is 0 Å². The van der Waals surface area contributed by atoms with Crippen molar-refractivity contribution in [3.8, 4) is 5.75 Å². The van der Waals surface area contributed by atoms with Gasteiger partial charge in [-0.25, -0.2) is 0 Å². The highest BCUT2D eigenvalue weighted by atomic mass is 16.3. The number of phenols is 1. The standard InChI is InChI=1S/C13H15N3O2/c1-3-9-7-12(16-15-9)14-13(18)10-6-8(2)4-5-11(10)17/h4-7,17H,3H2,1-2H3,(H2,14,15,16,18). The number of phenolic OH excluding ortho intramolecular Hbond substituents is 1. The number of aromatic nitrogens is 2. The van der Waals surface area contributed by atoms with Crippen LogP contribution >= 0.6 is 0 Å². The number of nitrogens with zero attached hydrogens (tertiary/aromatic N) is 1. The molecule has 0 unspecified atom stereocenters. The molecule has 0 aliphatic rings. The van der Waals surface area contributed by atoms with Crippen LogP contribution in [0.4, 0.5) is 5.82 Å². The molecule has 0 fully saturated rings. The zero-order valence-electron chi connectivity index (χ0n) is 10.3. The Labute approximate surface area is 105 Å². The third-order valence-electron chi connectivity index (χ3n) is 2.65. The predicted octanol–water partition coefficient (Wildman–Crippen LogP) is 2.24. The molecule has 1 aromatic heterocycles. The van der Waals surface area contributed by atoms with E-state index in [0.717, 1.165) is 17.7 Å². The number of carbonyl (C=O) groups excluding carboxylic acids is 1. The summed E-state index contributed by atoms with van der Waals surface area (Å²) >= 11 is 0. The van der Waals surface area contributed by atoms with Gasteiger partial charge in [0.15, 0.2) is 5.82 Å². The number of hydrogen-bond acceptors (Lipinski definition) is 3. The Morgan fingerprint density at radius 3 is 2.89 bits per heavy atom. The summed E-state index contributed by atoms with van der Waals surface area (Å²) in [6.45, 7) is 3.85. The third-order valence-corrected chi connectivity index (χ3v) is 2.65. The summed E-state index contributed by atoms with van der Waals surface area (Å²) in [6.07, 6.45) is 0.818. The van der Waals surface area contributed by atoms with Crippen molar-refractivity contribution in [2.75, 3.05) is 5.32 Å². The Hall–Kier alpha value is -2.30. The highest BCUT2D eigenvalue weighted by Crippen LogP contribution is 2.19. The molecule has 0 saturated carbocycles. The fraction of sp³-hybridized carbons (Fsp3) is 0.231. The van der Waals surface area contributed by atoms with Gasteiger partial charge in [0.25, 0.3) is 5.91 Å². The number of benzene rings is 1. The van der Waals surface area contributed by atoms with E-state index >= 15 is 0 Å². The first-order valence-corrected chi connectivity index (χ1v) is 5.75. The molecule has 0 aliphatic heterocycles. The topological polar surface area (TPSA) is 78.0 Å². The molecule has 0 aliphatic carbocycles. The minimum absolute atomic E-state index is 0.0376. The Bertz CT molecular complexity index is 575. The van der Waals surface area contributed by atoms with Gasteiger partial charge in [0.1, 0.15) is 5.75 Å². The minimum Gasteiger partial charge on any atom is -0.507 e. The van der Waals surface area contributed by atoms with Crippen molar-refractivity contribution in [3.05, 3.63) is 41.1 Å². The van der Waals surface area contributed by atoms with Crippen molar-refractivity contribution in [2.45, 2.75) is 20.3 Å². The van der Waals surface area contributed by atoms with Gasteiger partial charge in [-0.2, -0.15) is 5.10 Å². The van der Waals surface area contributed by atoms with E-state index < -0.39 is 0 Å². The molecule has 1 amide bonds. The van der Waals surface area contributed by atoms with Crippen molar-refractivity contribution in [3.63, 3.8) is 0 Å². The van der Waals surface area contributed by atoms with Crippen LogP contribution in [0.25, 0.3) is 0 Å². The normalized spacial score (nSPS) is 10.3. The quantitative estimate of drug-likeness (QED) is 0.776.